The Hall–Kier alpha value is -4.00. The molecule has 0 radical (unpaired) electrons. The lowest BCUT2D eigenvalue weighted by Crippen LogP contribution is -2.14. The highest BCUT2D eigenvalue weighted by molar-refractivity contribution is 5.77. The molecule has 0 saturated heterocycles. The quantitative estimate of drug-likeness (QED) is 0.240. The number of benzene rings is 2. The first-order valence-electron chi connectivity index (χ1n) is 13.8. The number of nitrogen functional groups attached to an aromatic ring is 1. The summed E-state index contributed by atoms with van der Waals surface area (Å²) < 4.78 is 2.02. The molecule has 3 N–H and O–H groups in total. The third-order valence-corrected chi connectivity index (χ3v) is 8.18. The molecular weight excluding hydrogens is 470 g/mol. The lowest BCUT2D eigenvalue weighted by Gasteiger charge is -2.29. The van der Waals surface area contributed by atoms with Gasteiger partial charge >= 0.3 is 0 Å². The van der Waals surface area contributed by atoms with Crippen molar-refractivity contribution >= 4 is 17.0 Å². The summed E-state index contributed by atoms with van der Waals surface area (Å²) in [5.41, 5.74) is 12.6. The van der Waals surface area contributed by atoms with Crippen LogP contribution in [0.5, 0.6) is 0 Å². The molecule has 1 aliphatic rings. The van der Waals surface area contributed by atoms with Crippen LogP contribution in [0.3, 0.4) is 0 Å². The molecule has 1 saturated carbocycles. The number of nitrogens with two attached hydrogens (primary N) is 1. The summed E-state index contributed by atoms with van der Waals surface area (Å²) in [6.07, 6.45) is 12.8. The van der Waals surface area contributed by atoms with Crippen LogP contribution in [-0.4, -0.2) is 30.2 Å². The highest BCUT2D eigenvalue weighted by atomic mass is 15.3. The van der Waals surface area contributed by atoms with Crippen molar-refractivity contribution in [3.63, 3.8) is 0 Å². The molecule has 1 unspecified atom stereocenters. The molecule has 194 valence electrons. The van der Waals surface area contributed by atoms with Crippen molar-refractivity contribution in [2.75, 3.05) is 5.73 Å². The third kappa shape index (κ3) is 5.47. The first kappa shape index (κ1) is 24.3. The van der Waals surface area contributed by atoms with E-state index in [1.807, 2.05) is 23.0 Å². The number of rotatable bonds is 9. The van der Waals surface area contributed by atoms with Crippen molar-refractivity contribution in [3.8, 4) is 0 Å². The van der Waals surface area contributed by atoms with Crippen LogP contribution in [0, 0.1) is 5.92 Å². The van der Waals surface area contributed by atoms with Gasteiger partial charge in [-0.05, 0) is 72.3 Å². The number of nitrogens with zero attached hydrogens (tertiary/aromatic N) is 5. The molecule has 7 heteroatoms. The second kappa shape index (κ2) is 11.2. The van der Waals surface area contributed by atoms with E-state index in [4.69, 9.17) is 10.8 Å². The van der Waals surface area contributed by atoms with Crippen LogP contribution in [0.25, 0.3) is 11.2 Å². The minimum Gasteiger partial charge on any atom is -0.384 e. The van der Waals surface area contributed by atoms with Crippen LogP contribution < -0.4 is 5.73 Å². The number of fused-ring (bicyclic) bond motifs is 1. The molecule has 1 atom stereocenters. The molecule has 3 heterocycles. The minimum absolute atomic E-state index is 0.137. The Kier molecular flexibility index (Phi) is 7.16. The number of hydrogen-bond donors (Lipinski definition) is 2. The molecule has 5 aromatic rings. The second-order valence-corrected chi connectivity index (χ2v) is 10.7. The number of nitrogens with one attached hydrogen (secondary N) is 1. The van der Waals surface area contributed by atoms with Crippen molar-refractivity contribution in [2.24, 2.45) is 5.92 Å². The third-order valence-electron chi connectivity index (χ3n) is 8.18. The molecule has 6 rings (SSSR count). The average molecular weight is 506 g/mol. The molecule has 0 amide bonds. The molecule has 2 aromatic carbocycles. The molecule has 1 fully saturated rings. The number of hydrogen-bond acceptors (Lipinski definition) is 5. The van der Waals surface area contributed by atoms with Gasteiger partial charge in [0.05, 0.1) is 12.7 Å². The maximum atomic E-state index is 6.20. The van der Waals surface area contributed by atoms with Gasteiger partial charge in [-0.25, -0.2) is 4.98 Å². The van der Waals surface area contributed by atoms with Gasteiger partial charge in [-0.2, -0.15) is 15.4 Å². The number of aromatic nitrogens is 6. The lowest BCUT2D eigenvalue weighted by molar-refractivity contribution is 0.301. The summed E-state index contributed by atoms with van der Waals surface area (Å²) in [7, 11) is 0. The van der Waals surface area contributed by atoms with E-state index in [1.54, 1.807) is 0 Å². The summed E-state index contributed by atoms with van der Waals surface area (Å²) in [6.45, 7) is 0.746. The van der Waals surface area contributed by atoms with Crippen LogP contribution >= 0.6 is 0 Å². The molecule has 0 spiro atoms. The Morgan fingerprint density at radius 1 is 0.947 bits per heavy atom. The normalized spacial score (nSPS) is 18.5. The SMILES string of the molecule is Nc1cc(C(CCCC2CCC(c3ccccc3)CC2)c2cnn(Cc3ccccc3)c2)c2n[nH]nc2n1. The smallest absolute Gasteiger partial charge is 0.203 e. The molecule has 1 aliphatic carbocycles. The zero-order valence-electron chi connectivity index (χ0n) is 21.7. The first-order valence-corrected chi connectivity index (χ1v) is 13.8. The van der Waals surface area contributed by atoms with E-state index < -0.39 is 0 Å². The number of aromatic amines is 1. The van der Waals surface area contributed by atoms with Gasteiger partial charge in [-0.15, -0.1) is 5.10 Å². The van der Waals surface area contributed by atoms with Crippen LogP contribution in [0.1, 0.15) is 79.0 Å². The Morgan fingerprint density at radius 3 is 2.50 bits per heavy atom. The van der Waals surface area contributed by atoms with E-state index in [0.29, 0.717) is 11.5 Å². The van der Waals surface area contributed by atoms with E-state index in [9.17, 15) is 0 Å². The highest BCUT2D eigenvalue weighted by Crippen LogP contribution is 2.39. The van der Waals surface area contributed by atoms with E-state index in [0.717, 1.165) is 42.3 Å². The van der Waals surface area contributed by atoms with E-state index in [2.05, 4.69) is 81.2 Å². The summed E-state index contributed by atoms with van der Waals surface area (Å²) in [5.74, 6) is 2.13. The molecule has 0 aliphatic heterocycles. The number of pyridine rings is 1. The maximum absolute atomic E-state index is 6.20. The Labute approximate surface area is 223 Å². The first-order chi connectivity index (χ1) is 18.7. The van der Waals surface area contributed by atoms with Gasteiger partial charge < -0.3 is 5.73 Å². The average Bonchev–Trinajstić information content (AvgIpc) is 3.62. The van der Waals surface area contributed by atoms with Gasteiger partial charge in [0.2, 0.25) is 5.65 Å². The van der Waals surface area contributed by atoms with E-state index in [1.165, 1.54) is 48.8 Å². The second-order valence-electron chi connectivity index (χ2n) is 10.7. The van der Waals surface area contributed by atoms with Crippen LogP contribution in [0.4, 0.5) is 5.82 Å². The highest BCUT2D eigenvalue weighted by Gasteiger charge is 2.25. The predicted octanol–water partition coefficient (Wildman–Crippen LogP) is 6.46. The Morgan fingerprint density at radius 2 is 1.71 bits per heavy atom. The van der Waals surface area contributed by atoms with Crippen molar-refractivity contribution in [1.29, 1.82) is 0 Å². The van der Waals surface area contributed by atoms with Crippen LogP contribution in [-0.2, 0) is 6.54 Å². The van der Waals surface area contributed by atoms with Gasteiger partial charge in [-0.1, -0.05) is 73.5 Å². The molecule has 7 nitrogen and oxygen atoms in total. The van der Waals surface area contributed by atoms with Gasteiger partial charge in [0.1, 0.15) is 11.3 Å². The fourth-order valence-corrected chi connectivity index (χ4v) is 6.18. The van der Waals surface area contributed by atoms with Crippen LogP contribution in [0.2, 0.25) is 0 Å². The Balaban J connectivity index is 1.17. The summed E-state index contributed by atoms with van der Waals surface area (Å²) in [4.78, 5) is 4.37. The largest absolute Gasteiger partial charge is 0.384 e. The summed E-state index contributed by atoms with van der Waals surface area (Å²) >= 11 is 0. The Bertz CT molecular complexity index is 1450. The monoisotopic (exact) mass is 505 g/mol. The van der Waals surface area contributed by atoms with Crippen molar-refractivity contribution in [1.82, 2.24) is 30.2 Å². The minimum atomic E-state index is 0.137. The molecule has 3 aromatic heterocycles. The zero-order valence-corrected chi connectivity index (χ0v) is 21.7. The number of anilines is 1. The topological polar surface area (TPSA) is 98.3 Å². The molecule has 38 heavy (non-hydrogen) atoms. The maximum Gasteiger partial charge on any atom is 0.203 e. The van der Waals surface area contributed by atoms with Gasteiger partial charge in [0.15, 0.2) is 0 Å². The van der Waals surface area contributed by atoms with Gasteiger partial charge in [-0.3, -0.25) is 4.68 Å². The van der Waals surface area contributed by atoms with Crippen molar-refractivity contribution in [3.05, 3.63) is 101 Å². The van der Waals surface area contributed by atoms with E-state index in [-0.39, 0.29) is 5.92 Å². The van der Waals surface area contributed by atoms with Crippen molar-refractivity contribution in [2.45, 2.75) is 63.3 Å². The van der Waals surface area contributed by atoms with Crippen LogP contribution in [0.15, 0.2) is 79.1 Å². The number of H-pyrrole nitrogens is 1. The summed E-state index contributed by atoms with van der Waals surface area (Å²) in [5, 5.41) is 16.1. The zero-order chi connectivity index (χ0) is 25.7. The van der Waals surface area contributed by atoms with Gasteiger partial charge in [0.25, 0.3) is 0 Å². The van der Waals surface area contributed by atoms with E-state index >= 15 is 0 Å². The fourth-order valence-electron chi connectivity index (χ4n) is 6.18. The standard InChI is InChI=1S/C31H35N7/c32-29-18-28(30-31(34-29)36-37-35-30)27(26-19-33-38(21-26)20-23-8-3-1-4-9-23)13-7-10-22-14-16-25(17-15-22)24-11-5-2-6-12-24/h1-6,8-9,11-12,18-19,21-22,25,27H,7,10,13-17,20H2,(H3,32,34,35,36,37). The predicted molar refractivity (Wildman–Crippen MR) is 151 cm³/mol. The summed E-state index contributed by atoms with van der Waals surface area (Å²) in [6, 6.07) is 23.4. The van der Waals surface area contributed by atoms with Gasteiger partial charge in [0, 0.05) is 12.1 Å². The fraction of sp³-hybridized carbons (Fsp3) is 0.355. The molecule has 0 bridgehead atoms. The molecular formula is C31H35N7. The lowest BCUT2D eigenvalue weighted by atomic mass is 9.76. The van der Waals surface area contributed by atoms with Crippen molar-refractivity contribution < 1.29 is 0 Å².